The summed E-state index contributed by atoms with van der Waals surface area (Å²) < 4.78 is 12.3. The number of fused-ring (bicyclic) bond motifs is 3. The van der Waals surface area contributed by atoms with E-state index in [4.69, 9.17) is 9.47 Å². The van der Waals surface area contributed by atoms with E-state index in [0.29, 0.717) is 42.8 Å². The van der Waals surface area contributed by atoms with E-state index in [0.717, 1.165) is 25.7 Å². The minimum absolute atomic E-state index is 0.0172. The van der Waals surface area contributed by atoms with Crippen LogP contribution < -0.4 is 0 Å². The van der Waals surface area contributed by atoms with E-state index in [-0.39, 0.29) is 28.7 Å². The number of carbonyl (C=O) groups is 2. The molecule has 0 aromatic carbocycles. The number of esters is 1. The zero-order valence-electron chi connectivity index (χ0n) is 15.5. The maximum absolute atomic E-state index is 12.0. The van der Waals surface area contributed by atoms with Gasteiger partial charge in [-0.3, -0.25) is 9.59 Å². The quantitative estimate of drug-likeness (QED) is 0.564. The van der Waals surface area contributed by atoms with Gasteiger partial charge in [-0.15, -0.1) is 0 Å². The number of hydrogen-bond acceptors (Lipinski definition) is 4. The third-order valence-electron chi connectivity index (χ3n) is 8.76. The van der Waals surface area contributed by atoms with Crippen molar-refractivity contribution in [3.63, 3.8) is 0 Å². The number of ketones is 1. The highest BCUT2D eigenvalue weighted by Gasteiger charge is 2.78. The van der Waals surface area contributed by atoms with Crippen molar-refractivity contribution >= 4 is 11.8 Å². The van der Waals surface area contributed by atoms with Crippen molar-refractivity contribution in [3.05, 3.63) is 0 Å². The van der Waals surface area contributed by atoms with Gasteiger partial charge in [-0.05, 0) is 62.7 Å². The van der Waals surface area contributed by atoms with Crippen LogP contribution in [0.1, 0.15) is 78.1 Å². The van der Waals surface area contributed by atoms with E-state index in [9.17, 15) is 9.59 Å². The largest absolute Gasteiger partial charge is 0.462 e. The molecule has 0 spiro atoms. The first-order chi connectivity index (χ1) is 11.9. The average Bonchev–Trinajstić information content (AvgIpc) is 3.18. The van der Waals surface area contributed by atoms with Gasteiger partial charge in [0, 0.05) is 24.7 Å². The molecule has 7 unspecified atom stereocenters. The summed E-state index contributed by atoms with van der Waals surface area (Å²) in [5, 5.41) is 0. The van der Waals surface area contributed by atoms with Crippen molar-refractivity contribution in [3.8, 4) is 0 Å². The van der Waals surface area contributed by atoms with E-state index in [2.05, 4.69) is 6.92 Å². The molecule has 4 nitrogen and oxygen atoms in total. The van der Waals surface area contributed by atoms with E-state index in [1.165, 1.54) is 19.3 Å². The van der Waals surface area contributed by atoms with Crippen molar-refractivity contribution in [1.82, 2.24) is 0 Å². The van der Waals surface area contributed by atoms with Crippen LogP contribution in [-0.2, 0) is 19.1 Å². The summed E-state index contributed by atoms with van der Waals surface area (Å²) in [6.45, 7) is 4.24. The second-order valence-corrected chi connectivity index (χ2v) is 9.57. The predicted molar refractivity (Wildman–Crippen MR) is 91.9 cm³/mol. The fourth-order valence-corrected chi connectivity index (χ4v) is 7.53. The Hall–Kier alpha value is -0.900. The Morgan fingerprint density at radius 2 is 2.00 bits per heavy atom. The molecular weight excluding hydrogens is 316 g/mol. The SMILES string of the molecule is CCC(=O)OC1CCC2C3CCC45CC(=O)CCC4(O5)C3CCC12C. The second kappa shape index (κ2) is 5.09. The Balaban J connectivity index is 1.39. The molecular formula is C21H30O4. The molecule has 5 aliphatic rings. The van der Waals surface area contributed by atoms with Crippen LogP contribution >= 0.6 is 0 Å². The van der Waals surface area contributed by atoms with Crippen LogP contribution in [0.3, 0.4) is 0 Å². The molecule has 5 fully saturated rings. The Labute approximate surface area is 150 Å². The van der Waals surface area contributed by atoms with Crippen LogP contribution in [0, 0.1) is 23.2 Å². The van der Waals surface area contributed by atoms with Crippen LogP contribution in [0.25, 0.3) is 0 Å². The molecule has 4 saturated carbocycles. The Bertz CT molecular complexity index is 629. The molecule has 4 aliphatic carbocycles. The molecule has 7 atom stereocenters. The maximum atomic E-state index is 12.0. The van der Waals surface area contributed by atoms with Crippen molar-refractivity contribution in [2.45, 2.75) is 95.4 Å². The molecule has 0 bridgehead atoms. The summed E-state index contributed by atoms with van der Waals surface area (Å²) in [6.07, 6.45) is 9.65. The number of epoxide rings is 1. The third kappa shape index (κ3) is 1.98. The number of carbonyl (C=O) groups excluding carboxylic acids is 2. The van der Waals surface area contributed by atoms with Gasteiger partial charge in [-0.2, -0.15) is 0 Å². The van der Waals surface area contributed by atoms with Gasteiger partial charge in [0.05, 0.1) is 0 Å². The Morgan fingerprint density at radius 3 is 2.80 bits per heavy atom. The molecule has 25 heavy (non-hydrogen) atoms. The monoisotopic (exact) mass is 346 g/mol. The zero-order chi connectivity index (χ0) is 17.4. The molecule has 1 aliphatic heterocycles. The van der Waals surface area contributed by atoms with Gasteiger partial charge in [0.2, 0.25) is 0 Å². The number of rotatable bonds is 2. The first kappa shape index (κ1) is 16.3. The molecule has 138 valence electrons. The molecule has 5 rings (SSSR count). The lowest BCUT2D eigenvalue weighted by atomic mass is 9.50. The molecule has 1 saturated heterocycles. The average molecular weight is 346 g/mol. The fraction of sp³-hybridized carbons (Fsp3) is 0.905. The maximum Gasteiger partial charge on any atom is 0.305 e. The summed E-state index contributed by atoms with van der Waals surface area (Å²) in [6, 6.07) is 0. The number of ether oxygens (including phenoxy) is 2. The fourth-order valence-electron chi connectivity index (χ4n) is 7.53. The molecule has 0 aromatic heterocycles. The van der Waals surface area contributed by atoms with Gasteiger partial charge in [-0.1, -0.05) is 13.8 Å². The summed E-state index contributed by atoms with van der Waals surface area (Å²) >= 11 is 0. The Morgan fingerprint density at radius 1 is 1.16 bits per heavy atom. The normalized spacial score (nSPS) is 53.3. The zero-order valence-corrected chi connectivity index (χ0v) is 15.5. The minimum atomic E-state index is -0.0933. The minimum Gasteiger partial charge on any atom is -0.462 e. The molecule has 1 heterocycles. The summed E-state index contributed by atoms with van der Waals surface area (Å²) in [4.78, 5) is 23.9. The highest BCUT2D eigenvalue weighted by Crippen LogP contribution is 2.73. The van der Waals surface area contributed by atoms with Crippen LogP contribution in [0.15, 0.2) is 0 Å². The molecule has 0 aromatic rings. The van der Waals surface area contributed by atoms with Crippen LogP contribution in [0.2, 0.25) is 0 Å². The van der Waals surface area contributed by atoms with Crippen LogP contribution in [0.5, 0.6) is 0 Å². The van der Waals surface area contributed by atoms with Crippen LogP contribution in [-0.4, -0.2) is 29.1 Å². The topological polar surface area (TPSA) is 55.9 Å². The van der Waals surface area contributed by atoms with E-state index in [1.807, 2.05) is 6.92 Å². The standard InChI is InChI=1S/C21H30O4/c1-3-18(23)24-17-5-4-15-14-7-10-20-12-13(22)6-11-21(20,25-20)16(14)8-9-19(15,17)2/h14-17H,3-12H2,1-2H3. The highest BCUT2D eigenvalue weighted by molar-refractivity contribution is 5.82. The third-order valence-corrected chi connectivity index (χ3v) is 8.76. The molecule has 4 heteroatoms. The summed E-state index contributed by atoms with van der Waals surface area (Å²) in [5.41, 5.74) is 0.0648. The van der Waals surface area contributed by atoms with Crippen molar-refractivity contribution in [2.24, 2.45) is 23.2 Å². The summed E-state index contributed by atoms with van der Waals surface area (Å²) in [7, 11) is 0. The van der Waals surface area contributed by atoms with Crippen molar-refractivity contribution < 1.29 is 19.1 Å². The van der Waals surface area contributed by atoms with Crippen molar-refractivity contribution in [1.29, 1.82) is 0 Å². The molecule has 0 amide bonds. The van der Waals surface area contributed by atoms with Gasteiger partial charge in [0.1, 0.15) is 23.1 Å². The number of Topliss-reactive ketones (excluding diaryl/α,β-unsaturated/α-hetero) is 1. The highest BCUT2D eigenvalue weighted by atomic mass is 16.6. The van der Waals surface area contributed by atoms with Gasteiger partial charge in [0.25, 0.3) is 0 Å². The lowest BCUT2D eigenvalue weighted by Crippen LogP contribution is -2.54. The predicted octanol–water partition coefficient (Wildman–Crippen LogP) is 3.81. The molecule has 0 radical (unpaired) electrons. The van der Waals surface area contributed by atoms with E-state index >= 15 is 0 Å². The lowest BCUT2D eigenvalue weighted by molar-refractivity contribution is -0.158. The lowest BCUT2D eigenvalue weighted by Gasteiger charge is -2.52. The van der Waals surface area contributed by atoms with Crippen molar-refractivity contribution in [2.75, 3.05) is 0 Å². The van der Waals surface area contributed by atoms with Crippen LogP contribution in [0.4, 0.5) is 0 Å². The molecule has 0 N–H and O–H groups in total. The number of hydrogen-bond donors (Lipinski definition) is 0. The van der Waals surface area contributed by atoms with Gasteiger partial charge in [0.15, 0.2) is 0 Å². The first-order valence-corrected chi connectivity index (χ1v) is 10.4. The summed E-state index contributed by atoms with van der Waals surface area (Å²) in [5.74, 6) is 2.31. The van der Waals surface area contributed by atoms with E-state index in [1.54, 1.807) is 0 Å². The van der Waals surface area contributed by atoms with Gasteiger partial charge >= 0.3 is 5.97 Å². The van der Waals surface area contributed by atoms with Gasteiger partial charge in [-0.25, -0.2) is 0 Å². The second-order valence-electron chi connectivity index (χ2n) is 9.57. The first-order valence-electron chi connectivity index (χ1n) is 10.4. The Kier molecular flexibility index (Phi) is 3.31. The van der Waals surface area contributed by atoms with E-state index < -0.39 is 0 Å². The smallest absolute Gasteiger partial charge is 0.305 e. The van der Waals surface area contributed by atoms with Gasteiger partial charge < -0.3 is 9.47 Å².